The molecule has 0 fully saturated rings. The van der Waals surface area contributed by atoms with Gasteiger partial charge in [0.1, 0.15) is 5.69 Å². The Hall–Kier alpha value is -2.13. The largest absolute Gasteiger partial charge is 0.378 e. The molecular weight excluding hydrogens is 232 g/mol. The lowest BCUT2D eigenvalue weighted by Crippen LogP contribution is -2.31. The maximum atomic E-state index is 10.9. The average Bonchev–Trinajstić information content (AvgIpc) is 2.34. The molecule has 18 heavy (non-hydrogen) atoms. The van der Waals surface area contributed by atoms with Crippen molar-refractivity contribution in [3.05, 3.63) is 33.9 Å². The van der Waals surface area contributed by atoms with Crippen molar-refractivity contribution >= 4 is 11.4 Å². The number of nitrogens with one attached hydrogen (secondary N) is 1. The minimum Gasteiger partial charge on any atom is -0.378 e. The van der Waals surface area contributed by atoms with Crippen molar-refractivity contribution in [3.63, 3.8) is 0 Å². The molecule has 0 aliphatic rings. The Balaban J connectivity index is 2.92. The number of likely N-dealkylation sites (N-methyl/N-ethyl adjacent to an activating group) is 1. The van der Waals surface area contributed by atoms with E-state index in [4.69, 9.17) is 5.26 Å². The summed E-state index contributed by atoms with van der Waals surface area (Å²) in [6.45, 7) is 2.58. The summed E-state index contributed by atoms with van der Waals surface area (Å²) in [4.78, 5) is 12.4. The molecule has 1 rings (SSSR count). The van der Waals surface area contributed by atoms with Crippen molar-refractivity contribution in [1.29, 1.82) is 5.26 Å². The van der Waals surface area contributed by atoms with Crippen LogP contribution in [0.4, 0.5) is 11.4 Å². The molecule has 6 heteroatoms. The van der Waals surface area contributed by atoms with Gasteiger partial charge >= 0.3 is 0 Å². The van der Waals surface area contributed by atoms with Crippen LogP contribution >= 0.6 is 0 Å². The SMILES string of the molecule is CC(CNc1cc(C#N)ccc1[N+](=O)[O-])N(C)C. The quantitative estimate of drug-likeness (QED) is 0.635. The van der Waals surface area contributed by atoms with Crippen LogP contribution in [-0.2, 0) is 0 Å². The lowest BCUT2D eigenvalue weighted by molar-refractivity contribution is -0.384. The number of anilines is 1. The highest BCUT2D eigenvalue weighted by atomic mass is 16.6. The van der Waals surface area contributed by atoms with Gasteiger partial charge in [-0.05, 0) is 33.2 Å². The monoisotopic (exact) mass is 248 g/mol. The van der Waals surface area contributed by atoms with Crippen LogP contribution in [0, 0.1) is 21.4 Å². The van der Waals surface area contributed by atoms with Crippen molar-refractivity contribution in [2.75, 3.05) is 26.0 Å². The molecule has 0 radical (unpaired) electrons. The zero-order chi connectivity index (χ0) is 13.7. The summed E-state index contributed by atoms with van der Waals surface area (Å²) in [5, 5.41) is 22.7. The lowest BCUT2D eigenvalue weighted by atomic mass is 10.2. The van der Waals surface area contributed by atoms with Crippen LogP contribution in [0.15, 0.2) is 18.2 Å². The number of hydrogen-bond donors (Lipinski definition) is 1. The fraction of sp³-hybridized carbons (Fsp3) is 0.417. The molecule has 0 aliphatic heterocycles. The molecule has 1 aromatic carbocycles. The molecule has 0 bridgehead atoms. The summed E-state index contributed by atoms with van der Waals surface area (Å²) in [6.07, 6.45) is 0. The van der Waals surface area contributed by atoms with Crippen LogP contribution in [-0.4, -0.2) is 36.5 Å². The first kappa shape index (κ1) is 13.9. The number of nitrogens with zero attached hydrogens (tertiary/aromatic N) is 3. The van der Waals surface area contributed by atoms with E-state index in [2.05, 4.69) is 5.32 Å². The number of rotatable bonds is 5. The molecule has 0 heterocycles. The van der Waals surface area contributed by atoms with Crippen molar-refractivity contribution in [2.24, 2.45) is 0 Å². The van der Waals surface area contributed by atoms with Gasteiger partial charge < -0.3 is 10.2 Å². The van der Waals surface area contributed by atoms with Crippen molar-refractivity contribution < 1.29 is 4.92 Å². The zero-order valence-corrected chi connectivity index (χ0v) is 10.7. The third-order valence-electron chi connectivity index (χ3n) is 2.79. The van der Waals surface area contributed by atoms with E-state index in [0.717, 1.165) is 0 Å². The summed E-state index contributed by atoms with van der Waals surface area (Å²) in [6, 6.07) is 6.49. The topological polar surface area (TPSA) is 82.2 Å². The highest BCUT2D eigenvalue weighted by molar-refractivity contribution is 5.64. The van der Waals surface area contributed by atoms with Crippen LogP contribution in [0.5, 0.6) is 0 Å². The summed E-state index contributed by atoms with van der Waals surface area (Å²) in [5.41, 5.74) is 0.772. The molecule has 1 unspecified atom stereocenters. The number of benzene rings is 1. The first-order valence-corrected chi connectivity index (χ1v) is 5.54. The lowest BCUT2D eigenvalue weighted by Gasteiger charge is -2.20. The summed E-state index contributed by atoms with van der Waals surface area (Å²) < 4.78 is 0. The van der Waals surface area contributed by atoms with E-state index in [9.17, 15) is 10.1 Å². The molecule has 96 valence electrons. The summed E-state index contributed by atoms with van der Waals surface area (Å²) >= 11 is 0. The highest BCUT2D eigenvalue weighted by Crippen LogP contribution is 2.25. The number of hydrogen-bond acceptors (Lipinski definition) is 5. The second kappa shape index (κ2) is 5.98. The number of nitro groups is 1. The van der Waals surface area contributed by atoms with Crippen LogP contribution in [0.2, 0.25) is 0 Å². The second-order valence-electron chi connectivity index (χ2n) is 4.29. The van der Waals surface area contributed by atoms with E-state index in [-0.39, 0.29) is 11.7 Å². The van der Waals surface area contributed by atoms with Gasteiger partial charge in [0.25, 0.3) is 5.69 Å². The molecule has 0 saturated carbocycles. The van der Waals surface area contributed by atoms with Crippen LogP contribution in [0.25, 0.3) is 0 Å². The Kier molecular flexibility index (Phi) is 4.63. The Morgan fingerprint density at radius 2 is 2.22 bits per heavy atom. The van der Waals surface area contributed by atoms with E-state index >= 15 is 0 Å². The van der Waals surface area contributed by atoms with Crippen LogP contribution in [0.1, 0.15) is 12.5 Å². The van der Waals surface area contributed by atoms with E-state index in [1.807, 2.05) is 32.0 Å². The van der Waals surface area contributed by atoms with Crippen LogP contribution < -0.4 is 5.32 Å². The molecule has 1 aromatic rings. The first-order valence-electron chi connectivity index (χ1n) is 5.54. The molecular formula is C12H16N4O2. The minimum absolute atomic E-state index is 0.0139. The van der Waals surface area contributed by atoms with Gasteiger partial charge in [0, 0.05) is 18.7 Å². The smallest absolute Gasteiger partial charge is 0.292 e. The third kappa shape index (κ3) is 3.43. The molecule has 0 spiro atoms. The summed E-state index contributed by atoms with van der Waals surface area (Å²) in [5.74, 6) is 0. The molecule has 1 atom stereocenters. The van der Waals surface area contributed by atoms with Gasteiger partial charge in [-0.3, -0.25) is 10.1 Å². The van der Waals surface area contributed by atoms with Gasteiger partial charge in [-0.15, -0.1) is 0 Å². The Morgan fingerprint density at radius 3 is 2.72 bits per heavy atom. The maximum absolute atomic E-state index is 10.9. The van der Waals surface area contributed by atoms with Crippen molar-refractivity contribution in [1.82, 2.24) is 4.90 Å². The van der Waals surface area contributed by atoms with Crippen molar-refractivity contribution in [2.45, 2.75) is 13.0 Å². The molecule has 0 amide bonds. The van der Waals surface area contributed by atoms with Gasteiger partial charge in [0.05, 0.1) is 16.6 Å². The molecule has 6 nitrogen and oxygen atoms in total. The first-order chi connectivity index (χ1) is 8.45. The number of nitriles is 1. The standard InChI is InChI=1S/C12H16N4O2/c1-9(15(2)3)8-14-11-6-10(7-13)4-5-12(11)16(17)18/h4-6,9,14H,8H2,1-3H3. The summed E-state index contributed by atoms with van der Waals surface area (Å²) in [7, 11) is 3.87. The van der Waals surface area contributed by atoms with Crippen molar-refractivity contribution in [3.8, 4) is 6.07 Å². The average molecular weight is 248 g/mol. The molecule has 1 N–H and O–H groups in total. The number of nitro benzene ring substituents is 1. The maximum Gasteiger partial charge on any atom is 0.292 e. The van der Waals surface area contributed by atoms with E-state index < -0.39 is 4.92 Å². The predicted octanol–water partition coefficient (Wildman–Crippen LogP) is 1.83. The predicted molar refractivity (Wildman–Crippen MR) is 69.5 cm³/mol. The molecule has 0 saturated heterocycles. The Bertz CT molecular complexity index is 479. The van der Waals surface area contributed by atoms with Gasteiger partial charge in [0.2, 0.25) is 0 Å². The van der Waals surface area contributed by atoms with E-state index in [1.165, 1.54) is 18.2 Å². The highest BCUT2D eigenvalue weighted by Gasteiger charge is 2.15. The van der Waals surface area contributed by atoms with Gasteiger partial charge in [-0.25, -0.2) is 0 Å². The Morgan fingerprint density at radius 1 is 1.56 bits per heavy atom. The molecule has 0 aliphatic carbocycles. The second-order valence-corrected chi connectivity index (χ2v) is 4.29. The van der Waals surface area contributed by atoms with Gasteiger partial charge in [-0.1, -0.05) is 0 Å². The molecule has 0 aromatic heterocycles. The Labute approximate surface area is 106 Å². The zero-order valence-electron chi connectivity index (χ0n) is 10.7. The normalized spacial score (nSPS) is 11.9. The third-order valence-corrected chi connectivity index (χ3v) is 2.79. The van der Waals surface area contributed by atoms with Gasteiger partial charge in [0.15, 0.2) is 0 Å². The fourth-order valence-corrected chi connectivity index (χ4v) is 1.35. The fourth-order valence-electron chi connectivity index (χ4n) is 1.35. The van der Waals surface area contributed by atoms with E-state index in [0.29, 0.717) is 17.8 Å². The minimum atomic E-state index is -0.455. The van der Waals surface area contributed by atoms with Gasteiger partial charge in [-0.2, -0.15) is 5.26 Å². The van der Waals surface area contributed by atoms with Crippen LogP contribution in [0.3, 0.4) is 0 Å². The van der Waals surface area contributed by atoms with E-state index in [1.54, 1.807) is 0 Å².